The molecular formula is C10H11F2N3O2. The Morgan fingerprint density at radius 3 is 2.76 bits per heavy atom. The summed E-state index contributed by atoms with van der Waals surface area (Å²) in [7, 11) is 0. The van der Waals surface area contributed by atoms with Crippen molar-refractivity contribution in [1.29, 1.82) is 0 Å². The Balaban J connectivity index is 2.58. The Kier molecular flexibility index (Phi) is 4.38. The molecule has 0 spiro atoms. The van der Waals surface area contributed by atoms with E-state index in [2.05, 4.69) is 10.5 Å². The third-order valence-electron chi connectivity index (χ3n) is 1.97. The number of carbonyl (C=O) groups is 1. The van der Waals surface area contributed by atoms with Crippen LogP contribution in [0, 0.1) is 11.6 Å². The summed E-state index contributed by atoms with van der Waals surface area (Å²) in [6, 6.07) is 2.66. The number of amides is 1. The maximum absolute atomic E-state index is 13.2. The van der Waals surface area contributed by atoms with Crippen molar-refractivity contribution in [2.75, 3.05) is 6.54 Å². The van der Waals surface area contributed by atoms with Gasteiger partial charge in [-0.1, -0.05) is 5.16 Å². The summed E-state index contributed by atoms with van der Waals surface area (Å²) in [5.74, 6) is -2.43. The van der Waals surface area contributed by atoms with Crippen molar-refractivity contribution >= 4 is 11.7 Å². The highest BCUT2D eigenvalue weighted by Gasteiger charge is 2.11. The van der Waals surface area contributed by atoms with Crippen LogP contribution in [0.3, 0.4) is 0 Å². The molecule has 7 heteroatoms. The van der Waals surface area contributed by atoms with Crippen molar-refractivity contribution in [2.24, 2.45) is 10.9 Å². The molecule has 4 N–H and O–H groups in total. The molecule has 92 valence electrons. The molecule has 1 aromatic carbocycles. The minimum Gasteiger partial charge on any atom is -0.409 e. The molecule has 1 rings (SSSR count). The summed E-state index contributed by atoms with van der Waals surface area (Å²) in [6.07, 6.45) is 0.130. The van der Waals surface area contributed by atoms with E-state index < -0.39 is 17.5 Å². The van der Waals surface area contributed by atoms with Crippen LogP contribution in [0.5, 0.6) is 0 Å². The zero-order valence-corrected chi connectivity index (χ0v) is 8.78. The van der Waals surface area contributed by atoms with Crippen molar-refractivity contribution < 1.29 is 18.8 Å². The van der Waals surface area contributed by atoms with E-state index in [4.69, 9.17) is 10.9 Å². The van der Waals surface area contributed by atoms with Gasteiger partial charge in [0, 0.05) is 19.0 Å². The first kappa shape index (κ1) is 12.9. The van der Waals surface area contributed by atoms with Gasteiger partial charge in [0.2, 0.25) is 0 Å². The molecule has 0 radical (unpaired) electrons. The first-order chi connectivity index (χ1) is 8.04. The van der Waals surface area contributed by atoms with Gasteiger partial charge in [-0.15, -0.1) is 0 Å². The van der Waals surface area contributed by atoms with E-state index in [1.807, 2.05) is 0 Å². The molecule has 17 heavy (non-hydrogen) atoms. The molecule has 1 aromatic rings. The van der Waals surface area contributed by atoms with Crippen LogP contribution in [-0.4, -0.2) is 23.5 Å². The maximum atomic E-state index is 13.2. The quantitative estimate of drug-likeness (QED) is 0.317. The summed E-state index contributed by atoms with van der Waals surface area (Å²) in [5.41, 5.74) is 4.91. The highest BCUT2D eigenvalue weighted by atomic mass is 19.1. The number of halogens is 2. The van der Waals surface area contributed by atoms with E-state index in [1.165, 1.54) is 0 Å². The lowest BCUT2D eigenvalue weighted by Crippen LogP contribution is -2.28. The molecule has 0 aliphatic heterocycles. The molecule has 0 bridgehead atoms. The van der Waals surface area contributed by atoms with Crippen LogP contribution in [0.25, 0.3) is 0 Å². The summed E-state index contributed by atoms with van der Waals surface area (Å²) in [5, 5.41) is 13.3. The van der Waals surface area contributed by atoms with E-state index in [9.17, 15) is 13.6 Å². The number of carbonyl (C=O) groups excluding carboxylic acids is 1. The van der Waals surface area contributed by atoms with E-state index in [0.717, 1.165) is 12.1 Å². The van der Waals surface area contributed by atoms with Crippen molar-refractivity contribution in [3.8, 4) is 0 Å². The van der Waals surface area contributed by atoms with Crippen LogP contribution in [0.15, 0.2) is 23.4 Å². The van der Waals surface area contributed by atoms with Gasteiger partial charge in [0.15, 0.2) is 0 Å². The summed E-state index contributed by atoms with van der Waals surface area (Å²) >= 11 is 0. The molecule has 0 unspecified atom stereocenters. The molecule has 0 aliphatic carbocycles. The lowest BCUT2D eigenvalue weighted by atomic mass is 10.2. The number of amidine groups is 1. The summed E-state index contributed by atoms with van der Waals surface area (Å²) in [6.45, 7) is 0.0888. The van der Waals surface area contributed by atoms with Gasteiger partial charge in [-0.3, -0.25) is 4.79 Å². The smallest absolute Gasteiger partial charge is 0.254 e. The van der Waals surface area contributed by atoms with E-state index in [-0.39, 0.29) is 24.4 Å². The van der Waals surface area contributed by atoms with Gasteiger partial charge < -0.3 is 16.3 Å². The molecular weight excluding hydrogens is 232 g/mol. The van der Waals surface area contributed by atoms with Crippen LogP contribution in [0.2, 0.25) is 0 Å². The van der Waals surface area contributed by atoms with Crippen molar-refractivity contribution in [1.82, 2.24) is 5.32 Å². The van der Waals surface area contributed by atoms with Gasteiger partial charge >= 0.3 is 0 Å². The van der Waals surface area contributed by atoms with Crippen molar-refractivity contribution in [3.63, 3.8) is 0 Å². The number of nitrogens with zero attached hydrogens (tertiary/aromatic N) is 1. The lowest BCUT2D eigenvalue weighted by molar-refractivity contribution is 0.0950. The average molecular weight is 243 g/mol. The molecule has 0 saturated heterocycles. The summed E-state index contributed by atoms with van der Waals surface area (Å²) in [4.78, 5) is 11.4. The fourth-order valence-electron chi connectivity index (χ4n) is 1.12. The van der Waals surface area contributed by atoms with Gasteiger partial charge in [-0.2, -0.15) is 0 Å². The van der Waals surface area contributed by atoms with Gasteiger partial charge in [-0.05, 0) is 12.1 Å². The van der Waals surface area contributed by atoms with E-state index >= 15 is 0 Å². The molecule has 0 heterocycles. The Morgan fingerprint density at radius 2 is 2.18 bits per heavy atom. The number of nitrogens with one attached hydrogen (secondary N) is 1. The molecule has 0 atom stereocenters. The largest absolute Gasteiger partial charge is 0.409 e. The number of rotatable bonds is 4. The third kappa shape index (κ3) is 3.71. The second-order valence-corrected chi connectivity index (χ2v) is 3.22. The highest BCUT2D eigenvalue weighted by Crippen LogP contribution is 2.09. The van der Waals surface area contributed by atoms with Crippen LogP contribution >= 0.6 is 0 Å². The fourth-order valence-corrected chi connectivity index (χ4v) is 1.12. The summed E-state index contributed by atoms with van der Waals surface area (Å²) < 4.78 is 25.7. The van der Waals surface area contributed by atoms with Crippen LogP contribution in [0.4, 0.5) is 8.78 Å². The Labute approximate surface area is 95.9 Å². The molecule has 5 nitrogen and oxygen atoms in total. The van der Waals surface area contributed by atoms with Crippen molar-refractivity contribution in [2.45, 2.75) is 6.42 Å². The van der Waals surface area contributed by atoms with E-state index in [1.54, 1.807) is 0 Å². The standard InChI is InChI=1S/C10H11F2N3O2/c11-6-1-2-7(8(12)5-6)10(16)14-4-3-9(13)15-17/h1-2,5,17H,3-4H2,(H2,13,15)(H,14,16). The maximum Gasteiger partial charge on any atom is 0.254 e. The van der Waals surface area contributed by atoms with Gasteiger partial charge in [-0.25, -0.2) is 8.78 Å². The topological polar surface area (TPSA) is 87.7 Å². The predicted octanol–water partition coefficient (Wildman–Crippen LogP) is 0.831. The Hall–Kier alpha value is -2.18. The predicted molar refractivity (Wildman–Crippen MR) is 56.7 cm³/mol. The van der Waals surface area contributed by atoms with Gasteiger partial charge in [0.25, 0.3) is 5.91 Å². The highest BCUT2D eigenvalue weighted by molar-refractivity contribution is 5.94. The average Bonchev–Trinajstić information content (AvgIpc) is 2.28. The SMILES string of the molecule is NC(CCNC(=O)c1ccc(F)cc1F)=NO. The Bertz CT molecular complexity index is 449. The number of hydrogen-bond donors (Lipinski definition) is 3. The number of hydrogen-bond acceptors (Lipinski definition) is 3. The van der Waals surface area contributed by atoms with Gasteiger partial charge in [0.1, 0.15) is 17.5 Å². The second-order valence-electron chi connectivity index (χ2n) is 3.22. The molecule has 0 aromatic heterocycles. The molecule has 1 amide bonds. The number of nitrogens with two attached hydrogens (primary N) is 1. The lowest BCUT2D eigenvalue weighted by Gasteiger charge is -2.05. The third-order valence-corrected chi connectivity index (χ3v) is 1.97. The van der Waals surface area contributed by atoms with Crippen LogP contribution < -0.4 is 11.1 Å². The first-order valence-corrected chi connectivity index (χ1v) is 4.74. The first-order valence-electron chi connectivity index (χ1n) is 4.74. The normalized spacial score (nSPS) is 11.3. The minimum atomic E-state index is -0.939. The Morgan fingerprint density at radius 1 is 1.47 bits per heavy atom. The fraction of sp³-hybridized carbons (Fsp3) is 0.200. The molecule has 0 aliphatic rings. The molecule has 0 fully saturated rings. The van der Waals surface area contributed by atoms with Crippen molar-refractivity contribution in [3.05, 3.63) is 35.4 Å². The van der Waals surface area contributed by atoms with Crippen LogP contribution in [0.1, 0.15) is 16.8 Å². The number of oxime groups is 1. The zero-order chi connectivity index (χ0) is 12.8. The molecule has 0 saturated carbocycles. The second kappa shape index (κ2) is 5.78. The number of benzene rings is 1. The van der Waals surface area contributed by atoms with Gasteiger partial charge in [0.05, 0.1) is 5.56 Å². The zero-order valence-electron chi connectivity index (χ0n) is 8.78. The monoisotopic (exact) mass is 243 g/mol. The van der Waals surface area contributed by atoms with E-state index in [0.29, 0.717) is 6.07 Å². The van der Waals surface area contributed by atoms with Crippen LogP contribution in [-0.2, 0) is 0 Å². The minimum absolute atomic E-state index is 0.0510.